The van der Waals surface area contributed by atoms with E-state index in [0.29, 0.717) is 23.6 Å². The molecule has 31 heavy (non-hydrogen) atoms. The number of Topliss-reactive ketones (excluding diaryl/α,β-unsaturated/α-hetero) is 1. The van der Waals surface area contributed by atoms with Crippen LogP contribution in [-0.4, -0.2) is 41.0 Å². The number of aliphatic imine (C=N–C) groups is 1. The molecule has 156 valence electrons. The largest absolute Gasteiger partial charge is 0.505 e. The van der Waals surface area contributed by atoms with Gasteiger partial charge in [-0.2, -0.15) is 5.10 Å². The lowest BCUT2D eigenvalue weighted by molar-refractivity contribution is 0.1000. The van der Waals surface area contributed by atoms with Gasteiger partial charge < -0.3 is 10.5 Å². The van der Waals surface area contributed by atoms with Crippen molar-refractivity contribution in [2.75, 3.05) is 19.7 Å². The van der Waals surface area contributed by atoms with Crippen LogP contribution in [0.15, 0.2) is 47.6 Å². The van der Waals surface area contributed by atoms with Gasteiger partial charge in [-0.15, -0.1) is 0 Å². The standard InChI is InChI=1S/C24H23N5O2/c1-4-10-31-22-7-5-6-17(23(22)26-2)24-19(13-28-29(24)3)15-8-9-16-18(11-15)20(12-25)27-14-21(16)30/h5-9,11,13H,4,10,12,14,25H2,1,3H3. The highest BCUT2D eigenvalue weighted by Gasteiger charge is 2.23. The molecule has 7 heteroatoms. The first-order valence-corrected chi connectivity index (χ1v) is 10.2. The van der Waals surface area contributed by atoms with Crippen molar-refractivity contribution in [3.8, 4) is 28.1 Å². The molecule has 0 radical (unpaired) electrons. The molecule has 3 aromatic rings. The molecule has 0 atom stereocenters. The summed E-state index contributed by atoms with van der Waals surface area (Å²) in [6, 6.07) is 11.3. The zero-order valence-corrected chi connectivity index (χ0v) is 17.6. The van der Waals surface area contributed by atoms with Gasteiger partial charge in [0.2, 0.25) is 5.69 Å². The van der Waals surface area contributed by atoms with E-state index >= 15 is 0 Å². The Morgan fingerprint density at radius 2 is 2.03 bits per heavy atom. The van der Waals surface area contributed by atoms with Crippen molar-refractivity contribution in [3.05, 3.63) is 65.1 Å². The molecule has 4 rings (SSSR count). The quantitative estimate of drug-likeness (QED) is 0.618. The van der Waals surface area contributed by atoms with E-state index in [4.69, 9.17) is 17.0 Å². The average Bonchev–Trinajstić information content (AvgIpc) is 3.18. The Balaban J connectivity index is 1.87. The van der Waals surface area contributed by atoms with Crippen molar-refractivity contribution in [1.82, 2.24) is 9.78 Å². The summed E-state index contributed by atoms with van der Waals surface area (Å²) in [6.45, 7) is 10.7. The second kappa shape index (κ2) is 8.54. The van der Waals surface area contributed by atoms with Gasteiger partial charge >= 0.3 is 0 Å². The van der Waals surface area contributed by atoms with Gasteiger partial charge in [-0.1, -0.05) is 31.2 Å². The van der Waals surface area contributed by atoms with E-state index in [0.717, 1.165) is 40.1 Å². The average molecular weight is 413 g/mol. The first-order chi connectivity index (χ1) is 15.1. The number of hydrogen-bond acceptors (Lipinski definition) is 5. The minimum absolute atomic E-state index is 0.0128. The van der Waals surface area contributed by atoms with Crippen LogP contribution < -0.4 is 10.5 Å². The number of ketones is 1. The summed E-state index contributed by atoms with van der Waals surface area (Å²) in [5.74, 6) is 0.552. The van der Waals surface area contributed by atoms with Gasteiger partial charge in [0, 0.05) is 35.8 Å². The Hall–Kier alpha value is -3.76. The van der Waals surface area contributed by atoms with E-state index < -0.39 is 0 Å². The number of rotatable bonds is 6. The molecular weight excluding hydrogens is 390 g/mol. The van der Waals surface area contributed by atoms with Crippen LogP contribution in [0.3, 0.4) is 0 Å². The zero-order chi connectivity index (χ0) is 22.0. The van der Waals surface area contributed by atoms with Gasteiger partial charge in [0.05, 0.1) is 30.8 Å². The van der Waals surface area contributed by atoms with E-state index in [1.54, 1.807) is 10.9 Å². The zero-order valence-electron chi connectivity index (χ0n) is 17.6. The van der Waals surface area contributed by atoms with Crippen LogP contribution in [0.2, 0.25) is 0 Å². The van der Waals surface area contributed by atoms with Crippen molar-refractivity contribution in [1.29, 1.82) is 0 Å². The number of ether oxygens (including phenoxy) is 1. The van der Waals surface area contributed by atoms with E-state index in [-0.39, 0.29) is 18.9 Å². The van der Waals surface area contributed by atoms with Gasteiger partial charge in [0.15, 0.2) is 5.78 Å². The second-order valence-corrected chi connectivity index (χ2v) is 7.29. The summed E-state index contributed by atoms with van der Waals surface area (Å²) >= 11 is 0. The van der Waals surface area contributed by atoms with Crippen molar-refractivity contribution in [2.45, 2.75) is 13.3 Å². The van der Waals surface area contributed by atoms with E-state index in [1.165, 1.54) is 0 Å². The number of aryl methyl sites for hydroxylation is 1. The summed E-state index contributed by atoms with van der Waals surface area (Å²) in [4.78, 5) is 20.4. The van der Waals surface area contributed by atoms with Crippen molar-refractivity contribution in [2.24, 2.45) is 17.8 Å². The maximum atomic E-state index is 12.3. The molecule has 0 saturated carbocycles. The van der Waals surface area contributed by atoms with Crippen molar-refractivity contribution >= 4 is 17.2 Å². The van der Waals surface area contributed by atoms with E-state index in [9.17, 15) is 4.79 Å². The predicted molar refractivity (Wildman–Crippen MR) is 121 cm³/mol. The number of para-hydroxylation sites is 1. The van der Waals surface area contributed by atoms with Crippen LogP contribution in [0.4, 0.5) is 5.69 Å². The minimum Gasteiger partial charge on any atom is -0.505 e. The molecule has 2 aromatic carbocycles. The number of fused-ring (bicyclic) bond motifs is 1. The maximum Gasteiger partial charge on any atom is 0.237 e. The molecule has 2 heterocycles. The molecule has 0 amide bonds. The van der Waals surface area contributed by atoms with Gasteiger partial charge in [-0.25, -0.2) is 4.85 Å². The summed E-state index contributed by atoms with van der Waals surface area (Å²) in [6.07, 6.45) is 2.63. The third-order valence-electron chi connectivity index (χ3n) is 5.32. The lowest BCUT2D eigenvalue weighted by Crippen LogP contribution is -2.24. The molecule has 0 unspecified atom stereocenters. The number of nitrogens with two attached hydrogens (primary N) is 1. The molecule has 0 bridgehead atoms. The Bertz CT molecular complexity index is 1230. The third-order valence-corrected chi connectivity index (χ3v) is 5.32. The second-order valence-electron chi connectivity index (χ2n) is 7.29. The molecule has 0 spiro atoms. The molecule has 0 fully saturated rings. The van der Waals surface area contributed by atoms with Crippen LogP contribution in [0.25, 0.3) is 27.2 Å². The molecule has 2 N–H and O–H groups in total. The number of benzene rings is 2. The highest BCUT2D eigenvalue weighted by atomic mass is 16.5. The SMILES string of the molecule is [C-]#[N+]c1c(OCCC)cccc1-c1c(-c2ccc3c(c2)C(CN)=NCC3=O)cnn1C. The Morgan fingerprint density at radius 1 is 1.19 bits per heavy atom. The lowest BCUT2D eigenvalue weighted by atomic mass is 9.91. The molecular formula is C24H23N5O2. The molecule has 1 aliphatic rings. The van der Waals surface area contributed by atoms with Crippen LogP contribution in [-0.2, 0) is 7.05 Å². The minimum atomic E-state index is -0.0128. The summed E-state index contributed by atoms with van der Waals surface area (Å²) in [5.41, 5.74) is 11.7. The van der Waals surface area contributed by atoms with Crippen molar-refractivity contribution in [3.63, 3.8) is 0 Å². The van der Waals surface area contributed by atoms with E-state index in [2.05, 4.69) is 14.9 Å². The molecule has 7 nitrogen and oxygen atoms in total. The fourth-order valence-electron chi connectivity index (χ4n) is 3.83. The van der Waals surface area contributed by atoms with Crippen LogP contribution >= 0.6 is 0 Å². The number of carbonyl (C=O) groups excluding carboxylic acids is 1. The maximum absolute atomic E-state index is 12.3. The number of hydrogen-bond donors (Lipinski definition) is 1. The Kier molecular flexibility index (Phi) is 5.65. The smallest absolute Gasteiger partial charge is 0.237 e. The molecule has 1 aromatic heterocycles. The first kappa shape index (κ1) is 20.5. The highest BCUT2D eigenvalue weighted by Crippen LogP contribution is 2.42. The van der Waals surface area contributed by atoms with Gasteiger partial charge in [-0.3, -0.25) is 14.5 Å². The normalized spacial score (nSPS) is 12.8. The van der Waals surface area contributed by atoms with Gasteiger partial charge in [-0.05, 0) is 24.1 Å². The van der Waals surface area contributed by atoms with Gasteiger partial charge in [0.25, 0.3) is 0 Å². The fourth-order valence-corrected chi connectivity index (χ4v) is 3.83. The van der Waals surface area contributed by atoms with E-state index in [1.807, 2.05) is 50.4 Å². The topological polar surface area (TPSA) is 86.9 Å². The first-order valence-electron chi connectivity index (χ1n) is 10.2. The summed E-state index contributed by atoms with van der Waals surface area (Å²) in [7, 11) is 1.85. The molecule has 0 saturated heterocycles. The number of nitrogens with zero attached hydrogens (tertiary/aromatic N) is 4. The molecule has 0 aliphatic carbocycles. The fraction of sp³-hybridized carbons (Fsp3) is 0.250. The number of carbonyl (C=O) groups is 1. The molecule has 1 aliphatic heterocycles. The Labute approximate surface area is 181 Å². The lowest BCUT2D eigenvalue weighted by Gasteiger charge is -2.17. The van der Waals surface area contributed by atoms with Gasteiger partial charge in [0.1, 0.15) is 12.3 Å². The third kappa shape index (κ3) is 3.62. The Morgan fingerprint density at radius 3 is 2.77 bits per heavy atom. The van der Waals surface area contributed by atoms with Crippen LogP contribution in [0.5, 0.6) is 5.75 Å². The summed E-state index contributed by atoms with van der Waals surface area (Å²) in [5, 5.41) is 4.45. The number of aromatic nitrogens is 2. The van der Waals surface area contributed by atoms with Crippen molar-refractivity contribution < 1.29 is 9.53 Å². The summed E-state index contributed by atoms with van der Waals surface area (Å²) < 4.78 is 7.56. The van der Waals surface area contributed by atoms with Crippen LogP contribution in [0, 0.1) is 6.57 Å². The van der Waals surface area contributed by atoms with Crippen LogP contribution in [0.1, 0.15) is 29.3 Å². The predicted octanol–water partition coefficient (Wildman–Crippen LogP) is 4.04. The highest BCUT2D eigenvalue weighted by molar-refractivity contribution is 6.16. The monoisotopic (exact) mass is 413 g/mol.